The Morgan fingerprint density at radius 3 is 2.11 bits per heavy atom. The molecule has 0 saturated carbocycles. The summed E-state index contributed by atoms with van der Waals surface area (Å²) >= 11 is 5.80. The summed E-state index contributed by atoms with van der Waals surface area (Å²) in [7, 11) is 0. The highest BCUT2D eigenvalue weighted by atomic mass is 35.5. The van der Waals surface area contributed by atoms with Gasteiger partial charge in [-0.1, -0.05) is 37.6 Å². The van der Waals surface area contributed by atoms with Crippen LogP contribution in [0.1, 0.15) is 43.6 Å². The summed E-state index contributed by atoms with van der Waals surface area (Å²) < 4.78 is 5.45. The molecule has 0 atom stereocenters. The lowest BCUT2D eigenvalue weighted by molar-refractivity contribution is -0.152. The highest BCUT2D eigenvalue weighted by Gasteiger charge is 2.29. The molecule has 0 aliphatic carbocycles. The number of hydrogen-bond donors (Lipinski definition) is 2. The molecule has 27 heavy (non-hydrogen) atoms. The Morgan fingerprint density at radius 1 is 1.04 bits per heavy atom. The molecule has 6 heteroatoms. The summed E-state index contributed by atoms with van der Waals surface area (Å²) in [6, 6.07) is 13.8. The van der Waals surface area contributed by atoms with Crippen LogP contribution in [-0.4, -0.2) is 29.1 Å². The zero-order valence-electron chi connectivity index (χ0n) is 16.1. The van der Waals surface area contributed by atoms with E-state index in [-0.39, 0.29) is 5.91 Å². The average molecular weight is 392 g/mol. The average Bonchev–Trinajstić information content (AvgIpc) is 2.65. The molecule has 0 aromatic heterocycles. The van der Waals surface area contributed by atoms with Gasteiger partial charge in [0.25, 0.3) is 5.91 Å². The van der Waals surface area contributed by atoms with Crippen molar-refractivity contribution in [2.24, 2.45) is 0 Å². The van der Waals surface area contributed by atoms with Gasteiger partial charge in [-0.15, -0.1) is 0 Å². The molecular weight excluding hydrogens is 366 g/mol. The molecule has 146 valence electrons. The van der Waals surface area contributed by atoms with Gasteiger partial charge in [0.05, 0.1) is 0 Å². The zero-order chi connectivity index (χ0) is 20.4. The molecule has 0 heterocycles. The molecule has 0 radical (unpaired) electrons. The summed E-state index contributed by atoms with van der Waals surface area (Å²) in [5, 5.41) is 12.5. The molecule has 2 aromatic rings. The van der Waals surface area contributed by atoms with Crippen molar-refractivity contribution >= 4 is 23.5 Å². The van der Waals surface area contributed by atoms with E-state index < -0.39 is 11.6 Å². The van der Waals surface area contributed by atoms with E-state index in [4.69, 9.17) is 21.4 Å². The first-order valence-electron chi connectivity index (χ1n) is 8.83. The lowest BCUT2D eigenvalue weighted by Gasteiger charge is -2.21. The normalized spacial score (nSPS) is 10.4. The van der Waals surface area contributed by atoms with Crippen LogP contribution in [-0.2, 0) is 11.2 Å². The van der Waals surface area contributed by atoms with Gasteiger partial charge in [-0.25, -0.2) is 4.79 Å². The van der Waals surface area contributed by atoms with Gasteiger partial charge in [-0.05, 0) is 62.2 Å². The van der Waals surface area contributed by atoms with Crippen LogP contribution in [0.4, 0.5) is 0 Å². The van der Waals surface area contributed by atoms with Crippen molar-refractivity contribution in [3.63, 3.8) is 0 Å². The second-order valence-corrected chi connectivity index (χ2v) is 6.51. The maximum Gasteiger partial charge on any atom is 0.347 e. The fourth-order valence-electron chi connectivity index (χ4n) is 2.09. The van der Waals surface area contributed by atoms with Crippen LogP contribution in [0.3, 0.4) is 0 Å². The molecule has 2 rings (SSSR count). The minimum atomic E-state index is -1.28. The van der Waals surface area contributed by atoms with E-state index in [2.05, 4.69) is 5.32 Å². The van der Waals surface area contributed by atoms with Crippen LogP contribution in [0, 0.1) is 0 Å². The van der Waals surface area contributed by atoms with Crippen LogP contribution >= 0.6 is 11.6 Å². The topological polar surface area (TPSA) is 75.6 Å². The number of carbonyl (C=O) groups is 2. The number of halogens is 1. The second-order valence-electron chi connectivity index (χ2n) is 6.07. The number of carboxylic acid groups (broad SMARTS) is 1. The molecule has 0 bridgehead atoms. The third-order valence-electron chi connectivity index (χ3n) is 3.62. The maximum absolute atomic E-state index is 12.0. The first-order valence-corrected chi connectivity index (χ1v) is 9.21. The van der Waals surface area contributed by atoms with Gasteiger partial charge in [-0.3, -0.25) is 4.79 Å². The summed E-state index contributed by atoms with van der Waals surface area (Å²) in [5.74, 6) is -0.692. The highest BCUT2D eigenvalue weighted by Crippen LogP contribution is 2.19. The highest BCUT2D eigenvalue weighted by molar-refractivity contribution is 6.30. The number of carbonyl (C=O) groups excluding carboxylic acids is 1. The Hall–Kier alpha value is -2.53. The van der Waals surface area contributed by atoms with E-state index >= 15 is 0 Å². The Balaban J connectivity index is 0.00000176. The molecule has 1 amide bonds. The first-order chi connectivity index (χ1) is 12.8. The number of hydrogen-bond acceptors (Lipinski definition) is 3. The van der Waals surface area contributed by atoms with Gasteiger partial charge in [0, 0.05) is 17.1 Å². The molecule has 0 fully saturated rings. The van der Waals surface area contributed by atoms with Gasteiger partial charge < -0.3 is 15.2 Å². The van der Waals surface area contributed by atoms with Crippen LogP contribution < -0.4 is 10.1 Å². The van der Waals surface area contributed by atoms with Crippen molar-refractivity contribution in [2.75, 3.05) is 6.54 Å². The van der Waals surface area contributed by atoms with Gasteiger partial charge in [0.1, 0.15) is 5.75 Å². The predicted molar refractivity (Wildman–Crippen MR) is 108 cm³/mol. The zero-order valence-corrected chi connectivity index (χ0v) is 16.8. The van der Waals surface area contributed by atoms with Gasteiger partial charge >= 0.3 is 5.97 Å². The number of carboxylic acids is 1. The van der Waals surface area contributed by atoms with E-state index in [1.807, 2.05) is 26.0 Å². The Labute approximate surface area is 165 Å². The largest absolute Gasteiger partial charge is 0.478 e. The second kappa shape index (κ2) is 10.6. The van der Waals surface area contributed by atoms with Crippen molar-refractivity contribution < 1.29 is 19.4 Å². The molecule has 5 nitrogen and oxygen atoms in total. The molecule has 2 N–H and O–H groups in total. The van der Waals surface area contributed by atoms with E-state index in [1.54, 1.807) is 36.4 Å². The van der Waals surface area contributed by atoms with Crippen LogP contribution in [0.15, 0.2) is 48.5 Å². The number of benzene rings is 2. The molecule has 0 saturated heterocycles. The van der Waals surface area contributed by atoms with E-state index in [0.717, 1.165) is 5.56 Å². The molecule has 0 aliphatic rings. The fourth-order valence-corrected chi connectivity index (χ4v) is 2.21. The quantitative estimate of drug-likeness (QED) is 0.724. The SMILES string of the molecule is CC.CC(C)(Oc1ccc(CCNC(=O)c2ccc(Cl)cc2)cc1)C(=O)O. The fraction of sp³-hybridized carbons (Fsp3) is 0.333. The van der Waals surface area contributed by atoms with Crippen LogP contribution in [0.2, 0.25) is 5.02 Å². The first kappa shape index (κ1) is 22.5. The monoisotopic (exact) mass is 391 g/mol. The van der Waals surface area contributed by atoms with Crippen molar-refractivity contribution in [2.45, 2.75) is 39.7 Å². The summed E-state index contributed by atoms with van der Waals surface area (Å²) in [4.78, 5) is 23.1. The van der Waals surface area contributed by atoms with Gasteiger partial charge in [0.2, 0.25) is 0 Å². The van der Waals surface area contributed by atoms with Gasteiger partial charge in [-0.2, -0.15) is 0 Å². The number of ether oxygens (including phenoxy) is 1. The minimum absolute atomic E-state index is 0.153. The molecular formula is C21H26ClNO4. The Morgan fingerprint density at radius 2 is 1.59 bits per heavy atom. The standard InChI is InChI=1S/C19H20ClNO4.C2H6/c1-19(2,18(23)24)25-16-9-3-13(4-10-16)11-12-21-17(22)14-5-7-15(20)8-6-14;1-2/h3-10H,11-12H2,1-2H3,(H,21,22)(H,23,24);1-2H3. The van der Waals surface area contributed by atoms with Crippen LogP contribution in [0.5, 0.6) is 5.75 Å². The molecule has 0 unspecified atom stereocenters. The Bertz CT molecular complexity index is 740. The number of aliphatic carboxylic acids is 1. The van der Waals surface area contributed by atoms with Gasteiger partial charge in [0.15, 0.2) is 5.60 Å². The molecule has 0 aliphatic heterocycles. The van der Waals surface area contributed by atoms with E-state index in [0.29, 0.717) is 29.3 Å². The summed E-state index contributed by atoms with van der Waals surface area (Å²) in [5.41, 5.74) is 0.287. The number of nitrogens with one attached hydrogen (secondary N) is 1. The van der Waals surface area contributed by atoms with Crippen LogP contribution in [0.25, 0.3) is 0 Å². The van der Waals surface area contributed by atoms with E-state index in [9.17, 15) is 9.59 Å². The lowest BCUT2D eigenvalue weighted by Crippen LogP contribution is -2.37. The summed E-state index contributed by atoms with van der Waals surface area (Å²) in [6.45, 7) is 7.48. The van der Waals surface area contributed by atoms with E-state index in [1.165, 1.54) is 13.8 Å². The third kappa shape index (κ3) is 7.31. The number of amides is 1. The van der Waals surface area contributed by atoms with Crippen molar-refractivity contribution in [3.05, 3.63) is 64.7 Å². The smallest absolute Gasteiger partial charge is 0.347 e. The van der Waals surface area contributed by atoms with Crippen molar-refractivity contribution in [3.8, 4) is 5.75 Å². The molecule has 2 aromatic carbocycles. The van der Waals surface area contributed by atoms with Crippen molar-refractivity contribution in [1.82, 2.24) is 5.32 Å². The number of rotatable bonds is 7. The third-order valence-corrected chi connectivity index (χ3v) is 3.87. The van der Waals surface area contributed by atoms with Crippen molar-refractivity contribution in [1.29, 1.82) is 0 Å². The lowest BCUT2D eigenvalue weighted by atomic mass is 10.1. The Kier molecular flexibility index (Phi) is 8.82. The minimum Gasteiger partial charge on any atom is -0.478 e. The molecule has 0 spiro atoms. The maximum atomic E-state index is 12.0. The summed E-state index contributed by atoms with van der Waals surface area (Å²) in [6.07, 6.45) is 0.655. The predicted octanol–water partition coefficient (Wildman–Crippen LogP) is 4.58.